The van der Waals surface area contributed by atoms with Crippen LogP contribution in [0.5, 0.6) is 11.6 Å². The molecule has 1 heterocycles. The molecule has 0 radical (unpaired) electrons. The maximum absolute atomic E-state index is 11.6. The third kappa shape index (κ3) is 2.41. The normalized spacial score (nSPS) is 10.4. The smallest absolute Gasteiger partial charge is 0.269 e. The number of rotatable bonds is 2. The van der Waals surface area contributed by atoms with Gasteiger partial charge in [0.25, 0.3) is 5.56 Å². The maximum Gasteiger partial charge on any atom is 0.269 e. The Morgan fingerprint density at radius 1 is 1.39 bits per heavy atom. The number of benzene rings is 1. The molecule has 0 aliphatic carbocycles. The summed E-state index contributed by atoms with van der Waals surface area (Å²) in [5.74, 6) is 0.415. The van der Waals surface area contributed by atoms with Crippen LogP contribution < -0.4 is 10.3 Å². The van der Waals surface area contributed by atoms with Crippen LogP contribution in [-0.4, -0.2) is 22.2 Å². The third-order valence-corrected chi connectivity index (χ3v) is 3.47. The fraction of sp³-hybridized carbons (Fsp3) is 0.0909. The molecule has 0 bridgehead atoms. The number of H-pyrrole nitrogens is 1. The molecule has 1 aromatic carbocycles. The van der Waals surface area contributed by atoms with Crippen LogP contribution in [0, 0.1) is 0 Å². The molecule has 0 spiro atoms. The zero-order valence-corrected chi connectivity index (χ0v) is 12.4. The van der Waals surface area contributed by atoms with Crippen molar-refractivity contribution in [2.75, 3.05) is 7.11 Å². The molecular weight excluding hydrogens is 368 g/mol. The lowest BCUT2D eigenvalue weighted by atomic mass is 10.2. The van der Waals surface area contributed by atoms with Crippen LogP contribution in [0.1, 0.15) is 0 Å². The molecule has 0 saturated carbocycles. The molecule has 0 unspecified atom stereocenters. The first-order valence-corrected chi connectivity index (χ1v) is 6.44. The summed E-state index contributed by atoms with van der Waals surface area (Å²) in [7, 11) is 1.52. The van der Waals surface area contributed by atoms with Gasteiger partial charge in [-0.2, -0.15) is 4.98 Å². The standard InChI is InChI=1S/C11H8Br2N2O3/c1-18-7-3-2-5(12)4-6(7)9-14-10(16)8(13)11(17)15-9/h2-4H,1H3,(H2,14,15,16,17). The molecule has 7 heteroatoms. The van der Waals surface area contributed by atoms with E-state index in [0.717, 1.165) is 4.47 Å². The monoisotopic (exact) mass is 374 g/mol. The number of ether oxygens (including phenoxy) is 1. The summed E-state index contributed by atoms with van der Waals surface area (Å²) in [5, 5.41) is 9.54. The van der Waals surface area contributed by atoms with Crippen molar-refractivity contribution in [3.05, 3.63) is 37.5 Å². The fourth-order valence-electron chi connectivity index (χ4n) is 1.44. The van der Waals surface area contributed by atoms with Crippen LogP contribution in [0.15, 0.2) is 31.9 Å². The number of aromatic nitrogens is 2. The van der Waals surface area contributed by atoms with Gasteiger partial charge in [0.05, 0.1) is 12.7 Å². The van der Waals surface area contributed by atoms with Crippen LogP contribution in [0.2, 0.25) is 0 Å². The number of methoxy groups -OCH3 is 1. The molecule has 0 aliphatic rings. The molecule has 1 aromatic heterocycles. The fourth-order valence-corrected chi connectivity index (χ4v) is 1.99. The molecule has 5 nitrogen and oxygen atoms in total. The van der Waals surface area contributed by atoms with Crippen LogP contribution in [0.3, 0.4) is 0 Å². The molecule has 0 saturated heterocycles. The topological polar surface area (TPSA) is 75.2 Å². The van der Waals surface area contributed by atoms with Gasteiger partial charge in [0.2, 0.25) is 5.88 Å². The highest BCUT2D eigenvalue weighted by Crippen LogP contribution is 2.31. The van der Waals surface area contributed by atoms with Crippen LogP contribution in [0.4, 0.5) is 0 Å². The van der Waals surface area contributed by atoms with Gasteiger partial charge >= 0.3 is 0 Å². The lowest BCUT2D eigenvalue weighted by Gasteiger charge is -2.08. The molecular formula is C11H8Br2N2O3. The van der Waals surface area contributed by atoms with Gasteiger partial charge in [0.15, 0.2) is 0 Å². The van der Waals surface area contributed by atoms with Crippen molar-refractivity contribution in [2.24, 2.45) is 0 Å². The third-order valence-electron chi connectivity index (χ3n) is 2.26. The minimum Gasteiger partial charge on any atom is -0.496 e. The highest BCUT2D eigenvalue weighted by molar-refractivity contribution is 9.10. The van der Waals surface area contributed by atoms with Crippen molar-refractivity contribution in [1.29, 1.82) is 0 Å². The Balaban J connectivity index is 2.69. The van der Waals surface area contributed by atoms with E-state index in [4.69, 9.17) is 4.74 Å². The van der Waals surface area contributed by atoms with Gasteiger partial charge in [0.1, 0.15) is 16.0 Å². The Morgan fingerprint density at radius 3 is 2.72 bits per heavy atom. The zero-order chi connectivity index (χ0) is 13.3. The van der Waals surface area contributed by atoms with E-state index < -0.39 is 5.56 Å². The first kappa shape index (κ1) is 13.1. The molecule has 0 aliphatic heterocycles. The Morgan fingerprint density at radius 2 is 2.11 bits per heavy atom. The first-order valence-electron chi connectivity index (χ1n) is 4.85. The minimum atomic E-state index is -0.459. The van der Waals surface area contributed by atoms with E-state index in [1.807, 2.05) is 0 Å². The molecule has 2 N–H and O–H groups in total. The lowest BCUT2D eigenvalue weighted by molar-refractivity contribution is 0.415. The first-order chi connectivity index (χ1) is 8.52. The number of aromatic amines is 1. The highest BCUT2D eigenvalue weighted by Gasteiger charge is 2.13. The van der Waals surface area contributed by atoms with Crippen LogP contribution >= 0.6 is 31.9 Å². The van der Waals surface area contributed by atoms with E-state index in [2.05, 4.69) is 41.8 Å². The van der Waals surface area contributed by atoms with Crippen molar-refractivity contribution in [2.45, 2.75) is 0 Å². The second kappa shape index (κ2) is 5.11. The van der Waals surface area contributed by atoms with E-state index in [1.54, 1.807) is 18.2 Å². The molecule has 0 atom stereocenters. The molecule has 2 rings (SSSR count). The predicted molar refractivity (Wildman–Crippen MR) is 73.9 cm³/mol. The number of hydrogen-bond acceptors (Lipinski definition) is 4. The van der Waals surface area contributed by atoms with Gasteiger partial charge in [-0.3, -0.25) is 4.79 Å². The van der Waals surface area contributed by atoms with E-state index in [1.165, 1.54) is 7.11 Å². The average Bonchev–Trinajstić information content (AvgIpc) is 2.35. The molecule has 0 amide bonds. The maximum atomic E-state index is 11.6. The Labute approximate surface area is 119 Å². The molecule has 0 fully saturated rings. The zero-order valence-electron chi connectivity index (χ0n) is 9.20. The van der Waals surface area contributed by atoms with E-state index >= 15 is 0 Å². The molecule has 94 valence electrons. The number of nitrogens with one attached hydrogen (secondary N) is 1. The van der Waals surface area contributed by atoms with Crippen molar-refractivity contribution in [3.8, 4) is 23.0 Å². The molecule has 2 aromatic rings. The van der Waals surface area contributed by atoms with Gasteiger partial charge in [-0.15, -0.1) is 0 Å². The summed E-state index contributed by atoms with van der Waals surface area (Å²) in [6.07, 6.45) is 0. The van der Waals surface area contributed by atoms with Gasteiger partial charge in [0, 0.05) is 4.47 Å². The summed E-state index contributed by atoms with van der Waals surface area (Å²) in [5.41, 5.74) is 0.117. The lowest BCUT2D eigenvalue weighted by Crippen LogP contribution is -2.10. The summed E-state index contributed by atoms with van der Waals surface area (Å²) >= 11 is 6.27. The summed E-state index contributed by atoms with van der Waals surface area (Å²) in [4.78, 5) is 18.0. The van der Waals surface area contributed by atoms with Gasteiger partial charge in [-0.1, -0.05) is 15.9 Å². The van der Waals surface area contributed by atoms with Gasteiger partial charge in [-0.25, -0.2) is 0 Å². The summed E-state index contributed by atoms with van der Waals surface area (Å²) in [6.45, 7) is 0. The van der Waals surface area contributed by atoms with Crippen molar-refractivity contribution in [3.63, 3.8) is 0 Å². The van der Waals surface area contributed by atoms with Crippen molar-refractivity contribution >= 4 is 31.9 Å². The van der Waals surface area contributed by atoms with Crippen molar-refractivity contribution < 1.29 is 9.84 Å². The number of nitrogens with zero attached hydrogens (tertiary/aromatic N) is 1. The predicted octanol–water partition coefficient (Wildman–Crippen LogP) is 2.68. The van der Waals surface area contributed by atoms with E-state index in [0.29, 0.717) is 11.3 Å². The number of aromatic hydroxyl groups is 1. The van der Waals surface area contributed by atoms with Crippen LogP contribution in [-0.2, 0) is 0 Å². The van der Waals surface area contributed by atoms with Gasteiger partial charge < -0.3 is 14.8 Å². The summed E-state index contributed by atoms with van der Waals surface area (Å²) in [6, 6.07) is 5.28. The van der Waals surface area contributed by atoms with E-state index in [-0.39, 0.29) is 16.2 Å². The average molecular weight is 376 g/mol. The minimum absolute atomic E-state index is 0.000198. The quantitative estimate of drug-likeness (QED) is 0.846. The Hall–Kier alpha value is -1.34. The second-order valence-electron chi connectivity index (χ2n) is 3.40. The highest BCUT2D eigenvalue weighted by atomic mass is 79.9. The van der Waals surface area contributed by atoms with Crippen LogP contribution in [0.25, 0.3) is 11.4 Å². The van der Waals surface area contributed by atoms with Crippen molar-refractivity contribution in [1.82, 2.24) is 9.97 Å². The largest absolute Gasteiger partial charge is 0.496 e. The Kier molecular flexibility index (Phi) is 3.72. The second-order valence-corrected chi connectivity index (χ2v) is 5.11. The van der Waals surface area contributed by atoms with Gasteiger partial charge in [-0.05, 0) is 34.1 Å². The SMILES string of the molecule is COc1ccc(Br)cc1-c1nc(O)c(Br)c(=O)[nH]1. The number of hydrogen-bond donors (Lipinski definition) is 2. The van der Waals surface area contributed by atoms with E-state index in [9.17, 15) is 9.90 Å². The summed E-state index contributed by atoms with van der Waals surface area (Å²) < 4.78 is 6.00. The number of halogens is 2. The Bertz CT molecular complexity index is 655. The molecule has 18 heavy (non-hydrogen) atoms.